The summed E-state index contributed by atoms with van der Waals surface area (Å²) in [6.07, 6.45) is 2.16. The van der Waals surface area contributed by atoms with Gasteiger partial charge in [0, 0.05) is 35.9 Å². The highest BCUT2D eigenvalue weighted by atomic mass is 32.2. The van der Waals surface area contributed by atoms with Gasteiger partial charge in [-0.2, -0.15) is 11.8 Å². The summed E-state index contributed by atoms with van der Waals surface area (Å²) in [5, 5.41) is 9.09. The third-order valence-electron chi connectivity index (χ3n) is 3.18. The molecule has 2 aromatic heterocycles. The molecule has 3 rings (SSSR count). The summed E-state index contributed by atoms with van der Waals surface area (Å²) >= 11 is 3.42. The van der Waals surface area contributed by atoms with E-state index in [0.717, 1.165) is 34.5 Å². The molecule has 21 heavy (non-hydrogen) atoms. The number of amides is 1. The van der Waals surface area contributed by atoms with E-state index in [4.69, 9.17) is 4.42 Å². The maximum atomic E-state index is 11.9. The van der Waals surface area contributed by atoms with Gasteiger partial charge < -0.3 is 15.1 Å². The van der Waals surface area contributed by atoms with Gasteiger partial charge in [0.15, 0.2) is 10.8 Å². The van der Waals surface area contributed by atoms with E-state index >= 15 is 0 Å². The average molecular weight is 323 g/mol. The molecule has 0 aliphatic carbocycles. The zero-order chi connectivity index (χ0) is 14.5. The van der Waals surface area contributed by atoms with E-state index in [2.05, 4.69) is 15.6 Å². The van der Waals surface area contributed by atoms with Crippen molar-refractivity contribution in [2.45, 2.75) is 19.0 Å². The molecule has 5 nitrogen and oxygen atoms in total. The minimum Gasteiger partial charge on any atom is -0.462 e. The van der Waals surface area contributed by atoms with Crippen LogP contribution in [0.25, 0.3) is 10.8 Å². The van der Waals surface area contributed by atoms with Gasteiger partial charge in [-0.05, 0) is 12.1 Å². The number of thiazole rings is 1. The maximum absolute atomic E-state index is 11.9. The summed E-state index contributed by atoms with van der Waals surface area (Å²) in [7, 11) is 0. The number of hydrogen-bond donors (Lipinski definition) is 2. The Morgan fingerprint density at radius 1 is 1.57 bits per heavy atom. The van der Waals surface area contributed by atoms with Gasteiger partial charge in [-0.3, -0.25) is 4.79 Å². The minimum absolute atomic E-state index is 0.0718. The van der Waals surface area contributed by atoms with Crippen molar-refractivity contribution < 1.29 is 9.21 Å². The lowest BCUT2D eigenvalue weighted by atomic mass is 10.2. The summed E-state index contributed by atoms with van der Waals surface area (Å²) < 4.78 is 5.31. The van der Waals surface area contributed by atoms with Crippen molar-refractivity contribution in [1.29, 1.82) is 0 Å². The number of thioether (sulfide) groups is 1. The van der Waals surface area contributed by atoms with Crippen molar-refractivity contribution >= 4 is 29.0 Å². The van der Waals surface area contributed by atoms with Crippen LogP contribution in [0.4, 0.5) is 0 Å². The van der Waals surface area contributed by atoms with Crippen LogP contribution in [0.2, 0.25) is 0 Å². The van der Waals surface area contributed by atoms with Crippen LogP contribution in [-0.4, -0.2) is 35.0 Å². The molecule has 1 saturated heterocycles. The van der Waals surface area contributed by atoms with Crippen molar-refractivity contribution in [2.24, 2.45) is 0 Å². The molecule has 0 spiro atoms. The van der Waals surface area contributed by atoms with Gasteiger partial charge in [0.05, 0.1) is 18.5 Å². The Hall–Kier alpha value is -1.31. The van der Waals surface area contributed by atoms with Gasteiger partial charge in [0.1, 0.15) is 0 Å². The van der Waals surface area contributed by atoms with Crippen molar-refractivity contribution in [3.05, 3.63) is 29.5 Å². The first-order valence-corrected chi connectivity index (χ1v) is 8.91. The smallest absolute Gasteiger partial charge is 0.221 e. The summed E-state index contributed by atoms with van der Waals surface area (Å²) in [5.41, 5.74) is 0.866. The Morgan fingerprint density at radius 3 is 3.29 bits per heavy atom. The molecular weight excluding hydrogens is 306 g/mol. The lowest BCUT2D eigenvalue weighted by Crippen LogP contribution is -2.41. The zero-order valence-electron chi connectivity index (χ0n) is 11.5. The fourth-order valence-electron chi connectivity index (χ4n) is 2.14. The highest BCUT2D eigenvalue weighted by Crippen LogP contribution is 2.23. The second kappa shape index (κ2) is 7.11. The predicted molar refractivity (Wildman–Crippen MR) is 85.4 cm³/mol. The highest BCUT2D eigenvalue weighted by Gasteiger charge is 2.16. The summed E-state index contributed by atoms with van der Waals surface area (Å²) in [6.45, 7) is 1.46. The molecular formula is C14H17N3O2S2. The normalized spacial score (nSPS) is 18.6. The van der Waals surface area contributed by atoms with E-state index in [9.17, 15) is 4.79 Å². The predicted octanol–water partition coefficient (Wildman–Crippen LogP) is 2.11. The fourth-order valence-corrected chi connectivity index (χ4v) is 3.87. The van der Waals surface area contributed by atoms with E-state index in [1.807, 2.05) is 29.3 Å². The highest BCUT2D eigenvalue weighted by molar-refractivity contribution is 7.99. The molecule has 0 radical (unpaired) electrons. The number of hydrogen-bond acceptors (Lipinski definition) is 6. The summed E-state index contributed by atoms with van der Waals surface area (Å²) in [6, 6.07) is 4.01. The number of carbonyl (C=O) groups is 1. The average Bonchev–Trinajstić information content (AvgIpc) is 3.17. The third-order valence-corrected chi connectivity index (χ3v) is 5.22. The molecule has 1 amide bonds. The Balaban J connectivity index is 1.47. The molecule has 1 aliphatic rings. The molecule has 2 aromatic rings. The largest absolute Gasteiger partial charge is 0.462 e. The number of nitrogens with zero attached hydrogens (tertiary/aromatic N) is 1. The molecule has 0 aromatic carbocycles. The summed E-state index contributed by atoms with van der Waals surface area (Å²) in [4.78, 5) is 16.4. The van der Waals surface area contributed by atoms with Crippen molar-refractivity contribution in [3.63, 3.8) is 0 Å². The lowest BCUT2D eigenvalue weighted by Gasteiger charge is -2.22. The van der Waals surface area contributed by atoms with Crippen LogP contribution in [0, 0.1) is 0 Å². The standard InChI is InChI=1S/C14H17N3O2S2/c18-13(6-10-8-20-5-3-15-10)16-7-11-9-21-14(17-11)12-2-1-4-19-12/h1-2,4,9-10,15H,3,5-8H2,(H,16,18). The molecule has 7 heteroatoms. The van der Waals surface area contributed by atoms with E-state index in [1.165, 1.54) is 11.3 Å². The Morgan fingerprint density at radius 2 is 2.52 bits per heavy atom. The zero-order valence-corrected chi connectivity index (χ0v) is 13.1. The van der Waals surface area contributed by atoms with Gasteiger partial charge in [0.25, 0.3) is 0 Å². The fraction of sp³-hybridized carbons (Fsp3) is 0.429. The molecule has 2 N–H and O–H groups in total. The van der Waals surface area contributed by atoms with Crippen molar-refractivity contribution in [3.8, 4) is 10.8 Å². The Labute approximate surface area is 131 Å². The number of nitrogens with one attached hydrogen (secondary N) is 2. The van der Waals surface area contributed by atoms with Gasteiger partial charge in [-0.25, -0.2) is 4.98 Å². The van der Waals surface area contributed by atoms with Gasteiger partial charge >= 0.3 is 0 Å². The first kappa shape index (κ1) is 14.6. The van der Waals surface area contributed by atoms with E-state index in [1.54, 1.807) is 6.26 Å². The first-order chi connectivity index (χ1) is 10.3. The number of carbonyl (C=O) groups excluding carboxylic acids is 1. The van der Waals surface area contributed by atoms with E-state index in [-0.39, 0.29) is 11.9 Å². The van der Waals surface area contributed by atoms with E-state index in [0.29, 0.717) is 13.0 Å². The molecule has 1 fully saturated rings. The van der Waals surface area contributed by atoms with Gasteiger partial charge in [0.2, 0.25) is 5.91 Å². The third kappa shape index (κ3) is 4.09. The molecule has 112 valence electrons. The van der Waals surface area contributed by atoms with Crippen LogP contribution < -0.4 is 10.6 Å². The molecule has 1 unspecified atom stereocenters. The Bertz CT molecular complexity index is 577. The maximum Gasteiger partial charge on any atom is 0.221 e. The van der Waals surface area contributed by atoms with Gasteiger partial charge in [-0.15, -0.1) is 11.3 Å². The second-order valence-electron chi connectivity index (χ2n) is 4.83. The van der Waals surface area contributed by atoms with Gasteiger partial charge in [-0.1, -0.05) is 0 Å². The van der Waals surface area contributed by atoms with Crippen molar-refractivity contribution in [2.75, 3.05) is 18.1 Å². The second-order valence-corrected chi connectivity index (χ2v) is 6.84. The molecule has 3 heterocycles. The first-order valence-electron chi connectivity index (χ1n) is 6.87. The topological polar surface area (TPSA) is 67.2 Å². The molecule has 1 atom stereocenters. The van der Waals surface area contributed by atoms with Crippen LogP contribution in [0.1, 0.15) is 12.1 Å². The van der Waals surface area contributed by atoms with Crippen LogP contribution in [0.5, 0.6) is 0 Å². The summed E-state index contributed by atoms with van der Waals surface area (Å²) in [5.74, 6) is 2.97. The number of furan rings is 1. The van der Waals surface area contributed by atoms with Crippen LogP contribution in [0.3, 0.4) is 0 Å². The lowest BCUT2D eigenvalue weighted by molar-refractivity contribution is -0.121. The number of aromatic nitrogens is 1. The van der Waals surface area contributed by atoms with Crippen LogP contribution in [-0.2, 0) is 11.3 Å². The number of rotatable bonds is 5. The molecule has 0 bridgehead atoms. The van der Waals surface area contributed by atoms with Crippen LogP contribution >= 0.6 is 23.1 Å². The SMILES string of the molecule is O=C(CC1CSCCN1)NCc1csc(-c2ccco2)n1. The molecule has 1 aliphatic heterocycles. The monoisotopic (exact) mass is 323 g/mol. The van der Waals surface area contributed by atoms with E-state index < -0.39 is 0 Å². The van der Waals surface area contributed by atoms with Crippen LogP contribution in [0.15, 0.2) is 28.2 Å². The molecule has 0 saturated carbocycles. The Kier molecular flexibility index (Phi) is 4.95. The quantitative estimate of drug-likeness (QED) is 0.882. The van der Waals surface area contributed by atoms with Crippen molar-refractivity contribution in [1.82, 2.24) is 15.6 Å². The minimum atomic E-state index is 0.0718.